The molecule has 178 valence electrons. The number of para-hydroxylation sites is 1. The van der Waals surface area contributed by atoms with Gasteiger partial charge in [-0.15, -0.1) is 0 Å². The number of phenols is 1. The van der Waals surface area contributed by atoms with Gasteiger partial charge in [0.15, 0.2) is 0 Å². The molecule has 0 bridgehead atoms. The number of carbonyl (C=O) groups excluding carboxylic acids is 2. The van der Waals surface area contributed by atoms with Crippen LogP contribution in [0.4, 0.5) is 21.5 Å². The first kappa shape index (κ1) is 22.9. The Balaban J connectivity index is 1.58. The van der Waals surface area contributed by atoms with Crippen molar-refractivity contribution in [1.29, 1.82) is 0 Å². The Morgan fingerprint density at radius 2 is 1.39 bits per heavy atom. The average molecular weight is 480 g/mol. The summed E-state index contributed by atoms with van der Waals surface area (Å²) in [7, 11) is 0. The molecule has 1 aliphatic rings. The largest absolute Gasteiger partial charge is 0.508 e. The number of aliphatic hydroxyl groups is 1. The number of nitrogens with zero attached hydrogens (tertiary/aromatic N) is 1. The maximum Gasteiger partial charge on any atom is 0.300 e. The summed E-state index contributed by atoms with van der Waals surface area (Å²) in [5.41, 5.74) is 2.74. The fraction of sp³-hybridized carbons (Fsp3) is 0.0345. The molecule has 36 heavy (non-hydrogen) atoms. The van der Waals surface area contributed by atoms with Crippen LogP contribution in [0.3, 0.4) is 0 Å². The first-order chi connectivity index (χ1) is 17.4. The van der Waals surface area contributed by atoms with Crippen molar-refractivity contribution in [3.63, 3.8) is 0 Å². The third-order valence-electron chi connectivity index (χ3n) is 5.98. The van der Waals surface area contributed by atoms with Crippen molar-refractivity contribution < 1.29 is 24.2 Å². The number of ketones is 1. The van der Waals surface area contributed by atoms with Gasteiger partial charge in [-0.2, -0.15) is 0 Å². The van der Waals surface area contributed by atoms with Crippen LogP contribution >= 0.6 is 0 Å². The number of aromatic hydroxyl groups is 1. The summed E-state index contributed by atoms with van der Waals surface area (Å²) in [5, 5.41) is 24.1. The lowest BCUT2D eigenvalue weighted by molar-refractivity contribution is -0.132. The van der Waals surface area contributed by atoms with E-state index in [2.05, 4.69) is 5.32 Å². The zero-order valence-electron chi connectivity index (χ0n) is 18.9. The van der Waals surface area contributed by atoms with Gasteiger partial charge in [0, 0.05) is 22.6 Å². The summed E-state index contributed by atoms with van der Waals surface area (Å²) in [6.07, 6.45) is 0. The molecular weight excluding hydrogens is 459 g/mol. The number of rotatable bonds is 5. The number of amides is 1. The number of hydrogen-bond donors (Lipinski definition) is 3. The predicted octanol–water partition coefficient (Wildman–Crippen LogP) is 5.90. The average Bonchev–Trinajstić information content (AvgIpc) is 3.16. The van der Waals surface area contributed by atoms with Crippen molar-refractivity contribution in [2.45, 2.75) is 6.04 Å². The quantitative estimate of drug-likeness (QED) is 0.188. The van der Waals surface area contributed by atoms with E-state index in [1.54, 1.807) is 36.4 Å². The van der Waals surface area contributed by atoms with Gasteiger partial charge in [0.05, 0.1) is 11.6 Å². The van der Waals surface area contributed by atoms with Crippen molar-refractivity contribution in [1.82, 2.24) is 0 Å². The molecule has 1 fully saturated rings. The molecular formula is C29H21FN2O4. The first-order valence-electron chi connectivity index (χ1n) is 11.2. The Morgan fingerprint density at radius 3 is 2.03 bits per heavy atom. The van der Waals surface area contributed by atoms with Crippen molar-refractivity contribution in [2.24, 2.45) is 0 Å². The van der Waals surface area contributed by atoms with Gasteiger partial charge in [0.25, 0.3) is 11.7 Å². The lowest BCUT2D eigenvalue weighted by atomic mass is 9.95. The highest BCUT2D eigenvalue weighted by atomic mass is 19.1. The zero-order valence-corrected chi connectivity index (χ0v) is 18.9. The Labute approximate surface area is 206 Å². The second-order valence-corrected chi connectivity index (χ2v) is 8.31. The van der Waals surface area contributed by atoms with Crippen LogP contribution in [0, 0.1) is 5.82 Å². The highest BCUT2D eigenvalue weighted by Gasteiger charge is 2.46. The molecule has 1 aliphatic heterocycles. The number of phenolic OH excluding ortho intramolecular Hbond substituents is 1. The second-order valence-electron chi connectivity index (χ2n) is 8.31. The van der Waals surface area contributed by atoms with Gasteiger partial charge in [-0.25, -0.2) is 4.39 Å². The molecule has 5 rings (SSSR count). The number of nitrogens with one attached hydrogen (secondary N) is 1. The molecule has 6 nitrogen and oxygen atoms in total. The molecule has 1 atom stereocenters. The second kappa shape index (κ2) is 9.38. The maximum absolute atomic E-state index is 13.4. The Bertz CT molecular complexity index is 1450. The van der Waals surface area contributed by atoms with Crippen LogP contribution < -0.4 is 10.2 Å². The van der Waals surface area contributed by atoms with E-state index in [1.165, 1.54) is 41.3 Å². The van der Waals surface area contributed by atoms with Crippen LogP contribution in [0.1, 0.15) is 17.2 Å². The molecule has 3 N–H and O–H groups in total. The van der Waals surface area contributed by atoms with E-state index in [4.69, 9.17) is 0 Å². The topological polar surface area (TPSA) is 89.9 Å². The molecule has 1 heterocycles. The Hall–Kier alpha value is -4.91. The molecule has 0 saturated carbocycles. The van der Waals surface area contributed by atoms with Crippen LogP contribution in [0.15, 0.2) is 109 Å². The smallest absolute Gasteiger partial charge is 0.300 e. The molecule has 0 aliphatic carbocycles. The van der Waals surface area contributed by atoms with E-state index in [9.17, 15) is 24.2 Å². The fourth-order valence-electron chi connectivity index (χ4n) is 4.23. The Morgan fingerprint density at radius 1 is 0.778 bits per heavy atom. The molecule has 4 aromatic carbocycles. The van der Waals surface area contributed by atoms with Crippen molar-refractivity contribution in [3.05, 3.63) is 126 Å². The first-order valence-corrected chi connectivity index (χ1v) is 11.2. The molecule has 1 saturated heterocycles. The van der Waals surface area contributed by atoms with Gasteiger partial charge in [0.2, 0.25) is 0 Å². The minimum atomic E-state index is -0.955. The lowest BCUT2D eigenvalue weighted by Crippen LogP contribution is -2.29. The number of hydrogen-bond acceptors (Lipinski definition) is 5. The summed E-state index contributed by atoms with van der Waals surface area (Å²) in [4.78, 5) is 27.7. The predicted molar refractivity (Wildman–Crippen MR) is 135 cm³/mol. The van der Waals surface area contributed by atoms with Crippen LogP contribution in [-0.2, 0) is 9.59 Å². The maximum atomic E-state index is 13.4. The van der Waals surface area contributed by atoms with Crippen molar-refractivity contribution in [3.8, 4) is 5.75 Å². The summed E-state index contributed by atoms with van der Waals surface area (Å²) < 4.78 is 13.4. The Kier molecular flexibility index (Phi) is 5.96. The van der Waals surface area contributed by atoms with Gasteiger partial charge in [-0.05, 0) is 78.4 Å². The summed E-state index contributed by atoms with van der Waals surface area (Å²) >= 11 is 0. The van der Waals surface area contributed by atoms with Gasteiger partial charge in [0.1, 0.15) is 17.3 Å². The zero-order chi connectivity index (χ0) is 25.2. The van der Waals surface area contributed by atoms with E-state index >= 15 is 0 Å². The number of aliphatic hydroxyl groups excluding tert-OH is 1. The minimum absolute atomic E-state index is 0.0191. The number of anilines is 3. The monoisotopic (exact) mass is 480 g/mol. The van der Waals surface area contributed by atoms with Crippen molar-refractivity contribution in [2.75, 3.05) is 10.2 Å². The van der Waals surface area contributed by atoms with E-state index in [-0.39, 0.29) is 16.9 Å². The normalized spacial score (nSPS) is 16.8. The molecule has 7 heteroatoms. The van der Waals surface area contributed by atoms with Crippen LogP contribution in [0.5, 0.6) is 5.75 Å². The molecule has 0 radical (unpaired) electrons. The fourth-order valence-corrected chi connectivity index (χ4v) is 4.23. The van der Waals surface area contributed by atoms with Gasteiger partial charge in [-0.3, -0.25) is 14.5 Å². The third kappa shape index (κ3) is 4.30. The van der Waals surface area contributed by atoms with Crippen LogP contribution in [0.25, 0.3) is 5.76 Å². The SMILES string of the molecule is O=C1C(=O)N(c2ccc(Nc3ccccc3)cc2)C(c2ccc(O)cc2)/C1=C(\O)c1ccc(F)cc1. The number of halogens is 1. The van der Waals surface area contributed by atoms with Crippen LogP contribution in [-0.4, -0.2) is 21.9 Å². The number of benzene rings is 4. The molecule has 4 aromatic rings. The molecule has 0 aromatic heterocycles. The third-order valence-corrected chi connectivity index (χ3v) is 5.98. The molecule has 1 unspecified atom stereocenters. The highest BCUT2D eigenvalue weighted by molar-refractivity contribution is 6.51. The number of Topliss-reactive ketones (excluding diaryl/α,β-unsaturated/α-hetero) is 1. The summed E-state index contributed by atoms with van der Waals surface area (Å²) in [5.74, 6) is -2.55. The van der Waals surface area contributed by atoms with Crippen LogP contribution in [0.2, 0.25) is 0 Å². The van der Waals surface area contributed by atoms with Gasteiger partial charge >= 0.3 is 0 Å². The standard InChI is InChI=1S/C29H21FN2O4/c30-20-10-6-19(7-11-20)27(34)25-26(18-8-16-24(33)17-9-18)32(29(36)28(25)35)23-14-12-22(13-15-23)31-21-4-2-1-3-5-21/h1-17,26,31,33-34H/b27-25+. The minimum Gasteiger partial charge on any atom is -0.508 e. The van der Waals surface area contributed by atoms with Gasteiger partial charge in [-0.1, -0.05) is 30.3 Å². The summed E-state index contributed by atoms with van der Waals surface area (Å²) in [6, 6.07) is 26.7. The number of carbonyl (C=O) groups is 2. The van der Waals surface area contributed by atoms with E-state index < -0.39 is 29.3 Å². The summed E-state index contributed by atoms with van der Waals surface area (Å²) in [6.45, 7) is 0. The lowest BCUT2D eigenvalue weighted by Gasteiger charge is -2.25. The van der Waals surface area contributed by atoms with Gasteiger partial charge < -0.3 is 15.5 Å². The van der Waals surface area contributed by atoms with Crippen molar-refractivity contribution >= 4 is 34.5 Å². The molecule has 0 spiro atoms. The van der Waals surface area contributed by atoms with E-state index in [1.807, 2.05) is 30.3 Å². The van der Waals surface area contributed by atoms with E-state index in [0.717, 1.165) is 11.4 Å². The van der Waals surface area contributed by atoms with E-state index in [0.29, 0.717) is 11.3 Å². The highest BCUT2D eigenvalue weighted by Crippen LogP contribution is 2.42. The molecule has 1 amide bonds.